The molecule has 2 fully saturated rings. The van der Waals surface area contributed by atoms with E-state index in [1.807, 2.05) is 6.92 Å². The van der Waals surface area contributed by atoms with Crippen LogP contribution in [-0.2, 0) is 4.79 Å². The highest BCUT2D eigenvalue weighted by Crippen LogP contribution is 2.41. The summed E-state index contributed by atoms with van der Waals surface area (Å²) in [6.07, 6.45) is 15.5. The maximum atomic E-state index is 12.8. The van der Waals surface area contributed by atoms with Gasteiger partial charge in [-0.1, -0.05) is 31.4 Å². The van der Waals surface area contributed by atoms with Crippen molar-refractivity contribution in [2.24, 2.45) is 5.41 Å². The van der Waals surface area contributed by atoms with Crippen molar-refractivity contribution in [3.05, 3.63) is 12.2 Å². The van der Waals surface area contributed by atoms with Gasteiger partial charge in [-0.3, -0.25) is 9.69 Å². The number of likely N-dealkylation sites (tertiary alicyclic amines) is 1. The molecule has 1 heterocycles. The zero-order valence-electron chi connectivity index (χ0n) is 15.0. The Morgan fingerprint density at radius 1 is 1.17 bits per heavy atom. The molecule has 4 nitrogen and oxygen atoms in total. The number of allylic oxidation sites excluding steroid dienone is 2. The van der Waals surface area contributed by atoms with Gasteiger partial charge in [-0.25, -0.2) is 0 Å². The SMILES string of the molecule is C[C@H](C(=O)NC1(C#N)CCCCC1)N1CCC[C@@]2(CC=CCC2)C1. The standard InChI is InChI=1S/C20H31N3O/c1-17(18(24)22-20(15-21)12-6-3-7-13-20)23-14-8-11-19(16-23)9-4-2-5-10-19/h2,4,17H,3,5-14,16H2,1H3,(H,22,24)/t17-,19+/m1/s1. The summed E-state index contributed by atoms with van der Waals surface area (Å²) in [5, 5.41) is 12.7. The van der Waals surface area contributed by atoms with Crippen LogP contribution in [0.3, 0.4) is 0 Å². The van der Waals surface area contributed by atoms with Crippen molar-refractivity contribution < 1.29 is 4.79 Å². The molecule has 1 N–H and O–H groups in total. The van der Waals surface area contributed by atoms with E-state index in [0.29, 0.717) is 5.41 Å². The number of piperidine rings is 1. The zero-order chi connectivity index (χ0) is 17.0. The Labute approximate surface area is 146 Å². The zero-order valence-corrected chi connectivity index (χ0v) is 15.0. The van der Waals surface area contributed by atoms with E-state index in [9.17, 15) is 10.1 Å². The predicted octanol–water partition coefficient (Wildman–Crippen LogP) is 3.54. The maximum absolute atomic E-state index is 12.8. The summed E-state index contributed by atoms with van der Waals surface area (Å²) < 4.78 is 0. The minimum absolute atomic E-state index is 0.0434. The van der Waals surface area contributed by atoms with E-state index in [1.54, 1.807) is 0 Å². The van der Waals surface area contributed by atoms with Gasteiger partial charge in [0.15, 0.2) is 0 Å². The molecule has 3 aliphatic rings. The smallest absolute Gasteiger partial charge is 0.238 e. The molecule has 3 rings (SSSR count). The van der Waals surface area contributed by atoms with E-state index in [2.05, 4.69) is 28.4 Å². The summed E-state index contributed by atoms with van der Waals surface area (Å²) in [5.41, 5.74) is -0.246. The second-order valence-corrected chi connectivity index (χ2v) is 8.21. The molecule has 0 bridgehead atoms. The van der Waals surface area contributed by atoms with Gasteiger partial charge in [-0.05, 0) is 63.8 Å². The maximum Gasteiger partial charge on any atom is 0.238 e. The third-order valence-corrected chi connectivity index (χ3v) is 6.46. The lowest BCUT2D eigenvalue weighted by Crippen LogP contribution is -2.57. The van der Waals surface area contributed by atoms with Gasteiger partial charge in [0, 0.05) is 6.54 Å². The Morgan fingerprint density at radius 2 is 1.96 bits per heavy atom. The van der Waals surface area contributed by atoms with Gasteiger partial charge < -0.3 is 5.32 Å². The summed E-state index contributed by atoms with van der Waals surface area (Å²) in [6.45, 7) is 4.03. The van der Waals surface area contributed by atoms with Crippen LogP contribution in [0.2, 0.25) is 0 Å². The lowest BCUT2D eigenvalue weighted by Gasteiger charge is -2.46. The normalized spacial score (nSPS) is 31.3. The van der Waals surface area contributed by atoms with Crippen LogP contribution < -0.4 is 5.32 Å². The molecule has 1 saturated carbocycles. The number of nitrogens with one attached hydrogen (secondary N) is 1. The first-order chi connectivity index (χ1) is 11.6. The summed E-state index contributed by atoms with van der Waals surface area (Å²) in [7, 11) is 0. The van der Waals surface area contributed by atoms with Crippen LogP contribution in [0.1, 0.15) is 71.1 Å². The lowest BCUT2D eigenvalue weighted by molar-refractivity contribution is -0.129. The van der Waals surface area contributed by atoms with Gasteiger partial charge in [0.25, 0.3) is 0 Å². The average molecular weight is 329 g/mol. The number of hydrogen-bond donors (Lipinski definition) is 1. The fraction of sp³-hybridized carbons (Fsp3) is 0.800. The molecule has 2 aliphatic carbocycles. The number of nitrogens with zero attached hydrogens (tertiary/aromatic N) is 2. The topological polar surface area (TPSA) is 56.1 Å². The van der Waals surface area contributed by atoms with E-state index < -0.39 is 5.54 Å². The predicted molar refractivity (Wildman–Crippen MR) is 95.3 cm³/mol. The Kier molecular flexibility index (Phi) is 5.30. The first-order valence-corrected chi connectivity index (χ1v) is 9.71. The molecular weight excluding hydrogens is 298 g/mol. The van der Waals surface area contributed by atoms with Gasteiger partial charge >= 0.3 is 0 Å². The lowest BCUT2D eigenvalue weighted by atomic mass is 9.71. The first-order valence-electron chi connectivity index (χ1n) is 9.71. The Bertz CT molecular complexity index is 529. The van der Waals surface area contributed by atoms with Crippen molar-refractivity contribution in [2.45, 2.75) is 82.7 Å². The third kappa shape index (κ3) is 3.67. The van der Waals surface area contributed by atoms with Gasteiger partial charge in [-0.2, -0.15) is 5.26 Å². The van der Waals surface area contributed by atoms with Gasteiger partial charge in [0.2, 0.25) is 5.91 Å². The van der Waals surface area contributed by atoms with Crippen molar-refractivity contribution in [1.29, 1.82) is 5.26 Å². The fourth-order valence-corrected chi connectivity index (χ4v) is 4.82. The molecule has 0 aromatic rings. The Balaban J connectivity index is 1.62. The van der Waals surface area contributed by atoms with Crippen molar-refractivity contribution in [1.82, 2.24) is 10.2 Å². The number of carbonyl (C=O) groups excluding carboxylic acids is 1. The second kappa shape index (κ2) is 7.27. The molecule has 0 unspecified atom stereocenters. The third-order valence-electron chi connectivity index (χ3n) is 6.46. The molecule has 1 saturated heterocycles. The molecule has 0 radical (unpaired) electrons. The summed E-state index contributed by atoms with van der Waals surface area (Å²) in [6, 6.07) is 2.26. The average Bonchev–Trinajstić information content (AvgIpc) is 2.62. The largest absolute Gasteiger partial charge is 0.336 e. The molecule has 2 atom stereocenters. The first kappa shape index (κ1) is 17.5. The molecule has 24 heavy (non-hydrogen) atoms. The molecule has 1 aliphatic heterocycles. The Morgan fingerprint density at radius 3 is 2.62 bits per heavy atom. The number of carbonyl (C=O) groups is 1. The Hall–Kier alpha value is -1.34. The number of rotatable bonds is 3. The van der Waals surface area contributed by atoms with Crippen molar-refractivity contribution in [3.63, 3.8) is 0 Å². The molecule has 1 spiro atoms. The van der Waals surface area contributed by atoms with Gasteiger partial charge in [0.1, 0.15) is 5.54 Å². The highest BCUT2D eigenvalue weighted by molar-refractivity contribution is 5.82. The summed E-state index contributed by atoms with van der Waals surface area (Å²) in [4.78, 5) is 15.2. The highest BCUT2D eigenvalue weighted by Gasteiger charge is 2.40. The minimum atomic E-state index is -0.620. The molecule has 0 aromatic carbocycles. The van der Waals surface area contributed by atoms with Gasteiger partial charge in [0.05, 0.1) is 12.1 Å². The van der Waals surface area contributed by atoms with Crippen molar-refractivity contribution in [3.8, 4) is 6.07 Å². The van der Waals surface area contributed by atoms with Crippen LogP contribution in [0.15, 0.2) is 12.2 Å². The summed E-state index contributed by atoms with van der Waals surface area (Å²) >= 11 is 0. The van der Waals surface area contributed by atoms with Crippen LogP contribution in [0.5, 0.6) is 0 Å². The number of amides is 1. The summed E-state index contributed by atoms with van der Waals surface area (Å²) in [5.74, 6) is 0.0434. The number of hydrogen-bond acceptors (Lipinski definition) is 3. The van der Waals surface area contributed by atoms with E-state index in [1.165, 1.54) is 32.1 Å². The van der Waals surface area contributed by atoms with Crippen LogP contribution >= 0.6 is 0 Å². The minimum Gasteiger partial charge on any atom is -0.336 e. The second-order valence-electron chi connectivity index (χ2n) is 8.21. The molecule has 1 amide bonds. The van der Waals surface area contributed by atoms with Crippen LogP contribution in [0, 0.1) is 16.7 Å². The van der Waals surface area contributed by atoms with E-state index in [0.717, 1.165) is 45.2 Å². The molecule has 132 valence electrons. The van der Waals surface area contributed by atoms with Crippen molar-refractivity contribution >= 4 is 5.91 Å². The fourth-order valence-electron chi connectivity index (χ4n) is 4.82. The van der Waals surface area contributed by atoms with Crippen LogP contribution in [0.25, 0.3) is 0 Å². The van der Waals surface area contributed by atoms with Crippen LogP contribution in [0.4, 0.5) is 0 Å². The van der Waals surface area contributed by atoms with E-state index >= 15 is 0 Å². The highest BCUT2D eigenvalue weighted by atomic mass is 16.2. The van der Waals surface area contributed by atoms with Crippen LogP contribution in [-0.4, -0.2) is 35.5 Å². The molecule has 4 heteroatoms. The quantitative estimate of drug-likeness (QED) is 0.806. The monoisotopic (exact) mass is 329 g/mol. The molecule has 0 aromatic heterocycles. The molecular formula is C20H31N3O. The van der Waals surface area contributed by atoms with E-state index in [-0.39, 0.29) is 11.9 Å². The van der Waals surface area contributed by atoms with Crippen molar-refractivity contribution in [2.75, 3.05) is 13.1 Å². The van der Waals surface area contributed by atoms with Gasteiger partial charge in [-0.15, -0.1) is 0 Å². The number of nitriles is 1. The van der Waals surface area contributed by atoms with E-state index in [4.69, 9.17) is 0 Å².